The third-order valence-corrected chi connectivity index (χ3v) is 9.01. The summed E-state index contributed by atoms with van der Waals surface area (Å²) in [5.41, 5.74) is 0. The maximum atomic E-state index is 12.3. The first-order valence-electron chi connectivity index (χ1n) is 21.5. The van der Waals surface area contributed by atoms with E-state index in [0.29, 0.717) is 6.42 Å². The highest BCUT2D eigenvalue weighted by Gasteiger charge is 2.17. The maximum absolute atomic E-state index is 12.3. The lowest BCUT2D eigenvalue weighted by Crippen LogP contribution is -2.45. The number of allylic oxidation sites excluding steroid dienone is 15. The number of carbonyl (C=O) groups excluding carboxylic acids is 1. The van der Waals surface area contributed by atoms with E-state index in [-0.39, 0.29) is 12.5 Å². The molecule has 0 aliphatic carbocycles. The molecule has 0 saturated heterocycles. The van der Waals surface area contributed by atoms with Crippen LogP contribution in [0.4, 0.5) is 0 Å². The molecule has 0 aromatic carbocycles. The van der Waals surface area contributed by atoms with Gasteiger partial charge in [-0.15, -0.1) is 0 Å². The maximum Gasteiger partial charge on any atom is 0.220 e. The molecule has 2 unspecified atom stereocenters. The lowest BCUT2D eigenvalue weighted by molar-refractivity contribution is -0.123. The van der Waals surface area contributed by atoms with Gasteiger partial charge in [0.1, 0.15) is 0 Å². The molecule has 0 rings (SSSR count). The summed E-state index contributed by atoms with van der Waals surface area (Å²) >= 11 is 0. The van der Waals surface area contributed by atoms with Crippen molar-refractivity contribution in [1.82, 2.24) is 5.32 Å². The molecule has 0 aromatic heterocycles. The van der Waals surface area contributed by atoms with E-state index in [1.807, 2.05) is 6.08 Å². The molecule has 0 spiro atoms. The molecule has 0 radical (unpaired) electrons. The molecule has 52 heavy (non-hydrogen) atoms. The fourth-order valence-corrected chi connectivity index (χ4v) is 5.77. The molecule has 1 amide bonds. The molecule has 0 heterocycles. The Balaban J connectivity index is 3.58. The smallest absolute Gasteiger partial charge is 0.220 e. The van der Waals surface area contributed by atoms with Gasteiger partial charge in [-0.2, -0.15) is 0 Å². The van der Waals surface area contributed by atoms with Gasteiger partial charge < -0.3 is 15.5 Å². The van der Waals surface area contributed by atoms with Crippen LogP contribution in [0.3, 0.4) is 0 Å². The third kappa shape index (κ3) is 38.5. The number of aliphatic hydroxyl groups excluding tert-OH is 2. The normalized spacial score (nSPS) is 14.0. The van der Waals surface area contributed by atoms with Crippen molar-refractivity contribution in [2.24, 2.45) is 0 Å². The van der Waals surface area contributed by atoms with Gasteiger partial charge >= 0.3 is 0 Å². The minimum atomic E-state index is -0.873. The van der Waals surface area contributed by atoms with Crippen LogP contribution in [0.25, 0.3) is 0 Å². The molecule has 4 heteroatoms. The van der Waals surface area contributed by atoms with E-state index in [2.05, 4.69) is 104 Å². The van der Waals surface area contributed by atoms with Crippen LogP contribution in [0, 0.1) is 0 Å². The Kier molecular flexibility index (Phi) is 40.5. The molecule has 0 bridgehead atoms. The van der Waals surface area contributed by atoms with E-state index in [0.717, 1.165) is 77.0 Å². The SMILES string of the molecule is CC/C=C\C/C=C\C/C=C\C/C=C\C/C=C\CCCCCCCCCCCCCCCC(=O)NC(CO)C(O)/C=C/CC/C=C/CC/C=C/CCC. The van der Waals surface area contributed by atoms with Gasteiger partial charge in [-0.25, -0.2) is 0 Å². The summed E-state index contributed by atoms with van der Waals surface area (Å²) in [6, 6.07) is -0.649. The largest absolute Gasteiger partial charge is 0.394 e. The zero-order valence-electron chi connectivity index (χ0n) is 33.8. The number of carbonyl (C=O) groups is 1. The fraction of sp³-hybridized carbons (Fsp3) is 0.646. The lowest BCUT2D eigenvalue weighted by atomic mass is 10.0. The van der Waals surface area contributed by atoms with Gasteiger partial charge in [0, 0.05) is 6.42 Å². The molecule has 0 saturated carbocycles. The molecule has 296 valence electrons. The number of hydrogen-bond acceptors (Lipinski definition) is 3. The molecular formula is C48H81NO3. The van der Waals surface area contributed by atoms with Gasteiger partial charge in [0.2, 0.25) is 5.91 Å². The molecular weight excluding hydrogens is 639 g/mol. The second-order valence-corrected chi connectivity index (χ2v) is 14.0. The first kappa shape index (κ1) is 49.3. The highest BCUT2D eigenvalue weighted by atomic mass is 16.3. The van der Waals surface area contributed by atoms with E-state index >= 15 is 0 Å². The van der Waals surface area contributed by atoms with Crippen LogP contribution in [0.5, 0.6) is 0 Å². The van der Waals surface area contributed by atoms with Crippen LogP contribution < -0.4 is 5.32 Å². The van der Waals surface area contributed by atoms with Crippen LogP contribution in [-0.4, -0.2) is 34.9 Å². The Morgan fingerprint density at radius 3 is 1.33 bits per heavy atom. The minimum Gasteiger partial charge on any atom is -0.394 e. The van der Waals surface area contributed by atoms with Gasteiger partial charge in [0.25, 0.3) is 0 Å². The van der Waals surface area contributed by atoms with E-state index in [4.69, 9.17) is 0 Å². The van der Waals surface area contributed by atoms with Crippen molar-refractivity contribution < 1.29 is 15.0 Å². The molecule has 2 atom stereocenters. The monoisotopic (exact) mass is 720 g/mol. The van der Waals surface area contributed by atoms with Gasteiger partial charge in [-0.05, 0) is 83.5 Å². The van der Waals surface area contributed by atoms with Crippen molar-refractivity contribution in [3.63, 3.8) is 0 Å². The quantitative estimate of drug-likeness (QED) is 0.0442. The minimum absolute atomic E-state index is 0.0865. The zero-order valence-corrected chi connectivity index (χ0v) is 33.8. The van der Waals surface area contributed by atoms with Crippen molar-refractivity contribution in [1.29, 1.82) is 0 Å². The van der Waals surface area contributed by atoms with Crippen LogP contribution in [0.2, 0.25) is 0 Å². The van der Waals surface area contributed by atoms with Crippen molar-refractivity contribution in [2.75, 3.05) is 6.61 Å². The van der Waals surface area contributed by atoms with Crippen LogP contribution >= 0.6 is 0 Å². The fourth-order valence-electron chi connectivity index (χ4n) is 5.77. The second kappa shape index (κ2) is 42.7. The summed E-state index contributed by atoms with van der Waals surface area (Å²) < 4.78 is 0. The second-order valence-electron chi connectivity index (χ2n) is 14.0. The van der Waals surface area contributed by atoms with Crippen molar-refractivity contribution in [2.45, 2.75) is 193 Å². The zero-order chi connectivity index (χ0) is 37.8. The average Bonchev–Trinajstić information content (AvgIpc) is 3.15. The summed E-state index contributed by atoms with van der Waals surface area (Å²) in [4.78, 5) is 12.3. The lowest BCUT2D eigenvalue weighted by Gasteiger charge is -2.19. The first-order chi connectivity index (χ1) is 25.7. The van der Waals surface area contributed by atoms with Crippen LogP contribution in [-0.2, 0) is 4.79 Å². The molecule has 4 nitrogen and oxygen atoms in total. The van der Waals surface area contributed by atoms with Crippen LogP contribution in [0.1, 0.15) is 181 Å². The number of nitrogens with one attached hydrogen (secondary N) is 1. The standard InChI is InChI=1S/C48H81NO3/c1-3-5-7-9-11-13-15-16-17-18-19-20-21-22-23-24-25-26-27-28-29-30-31-32-34-36-38-40-42-44-48(52)49-46(45-50)47(51)43-41-39-37-35-33-14-12-10-8-6-4-2/h5,7-8,10-11,13,16-17,19-20,22-23,33,35,41,43,46-47,50-51H,3-4,6,9,12,14-15,18,21,24-32,34,36-40,42,44-45H2,1-2H3,(H,49,52)/b7-5-,10-8+,13-11-,17-16-,20-19-,23-22-,35-33+,43-41+. The van der Waals surface area contributed by atoms with Crippen molar-refractivity contribution >= 4 is 5.91 Å². The van der Waals surface area contributed by atoms with E-state index in [9.17, 15) is 15.0 Å². The predicted octanol–water partition coefficient (Wildman–Crippen LogP) is 13.5. The molecule has 3 N–H and O–H groups in total. The summed E-state index contributed by atoms with van der Waals surface area (Å²) in [7, 11) is 0. The Bertz CT molecular complexity index is 999. The highest BCUT2D eigenvalue weighted by Crippen LogP contribution is 2.14. The van der Waals surface area contributed by atoms with Gasteiger partial charge in [0.05, 0.1) is 18.8 Å². The summed E-state index contributed by atoms with van der Waals surface area (Å²) in [5, 5.41) is 22.9. The first-order valence-corrected chi connectivity index (χ1v) is 21.5. The van der Waals surface area contributed by atoms with Crippen molar-refractivity contribution in [3.05, 3.63) is 97.2 Å². The highest BCUT2D eigenvalue weighted by molar-refractivity contribution is 5.76. The number of aliphatic hydroxyl groups is 2. The summed E-state index contributed by atoms with van der Waals surface area (Å²) in [5.74, 6) is -0.0865. The average molecular weight is 720 g/mol. The number of hydrogen-bond donors (Lipinski definition) is 3. The summed E-state index contributed by atoms with van der Waals surface area (Å²) in [6.45, 7) is 4.09. The topological polar surface area (TPSA) is 69.6 Å². The Hall–Kier alpha value is -2.69. The Morgan fingerprint density at radius 1 is 0.481 bits per heavy atom. The molecule has 0 aliphatic heterocycles. The number of rotatable bonds is 37. The predicted molar refractivity (Wildman–Crippen MR) is 230 cm³/mol. The third-order valence-electron chi connectivity index (χ3n) is 9.01. The van der Waals surface area contributed by atoms with Gasteiger partial charge in [0.15, 0.2) is 0 Å². The number of unbranched alkanes of at least 4 members (excludes halogenated alkanes) is 16. The summed E-state index contributed by atoms with van der Waals surface area (Å²) in [6.07, 6.45) is 63.8. The van der Waals surface area contributed by atoms with Crippen molar-refractivity contribution in [3.8, 4) is 0 Å². The van der Waals surface area contributed by atoms with Gasteiger partial charge in [-0.1, -0.05) is 188 Å². The Morgan fingerprint density at radius 2 is 0.865 bits per heavy atom. The molecule has 0 fully saturated rings. The Labute approximate surface area is 322 Å². The number of amides is 1. The van der Waals surface area contributed by atoms with E-state index in [1.54, 1.807) is 6.08 Å². The van der Waals surface area contributed by atoms with Gasteiger partial charge in [-0.3, -0.25) is 4.79 Å². The van der Waals surface area contributed by atoms with E-state index in [1.165, 1.54) is 83.5 Å². The van der Waals surface area contributed by atoms with E-state index < -0.39 is 12.1 Å². The molecule has 0 aromatic rings. The molecule has 0 aliphatic rings. The van der Waals surface area contributed by atoms with Crippen LogP contribution in [0.15, 0.2) is 97.2 Å².